The van der Waals surface area contributed by atoms with Gasteiger partial charge in [0.05, 0.1) is 12.6 Å². The van der Waals surface area contributed by atoms with Crippen molar-refractivity contribution in [1.29, 1.82) is 0 Å². The summed E-state index contributed by atoms with van der Waals surface area (Å²) in [7, 11) is 1.71. The molecule has 3 heterocycles. The standard InChI is InChI=1S/C26H29N2O3/c1-29-22-7-8-24-23(17-22)20(10-11-27-24)16-21-5-3-2-4-12-28(21)18-19-6-9-25-26(15-19)31-14-13-30-25/h6-11,15-17,21H,2-5,12-14,18H2,1H3. The number of fused-ring (bicyclic) bond motifs is 2. The van der Waals surface area contributed by atoms with E-state index in [1.54, 1.807) is 7.11 Å². The summed E-state index contributed by atoms with van der Waals surface area (Å²) in [5.41, 5.74) is 3.50. The highest BCUT2D eigenvalue weighted by atomic mass is 16.6. The molecule has 0 saturated carbocycles. The maximum absolute atomic E-state index is 5.80. The molecule has 0 amide bonds. The number of ether oxygens (including phenoxy) is 3. The summed E-state index contributed by atoms with van der Waals surface area (Å²) >= 11 is 0. The molecule has 0 bridgehead atoms. The molecule has 1 fully saturated rings. The second kappa shape index (κ2) is 9.15. The smallest absolute Gasteiger partial charge is 0.161 e. The van der Waals surface area contributed by atoms with Crippen LogP contribution in [0.25, 0.3) is 10.9 Å². The summed E-state index contributed by atoms with van der Waals surface area (Å²) in [6, 6.07) is 15.0. The first kappa shape index (κ1) is 20.1. The Labute approximate surface area is 183 Å². The Morgan fingerprint density at radius 1 is 1.03 bits per heavy atom. The molecule has 1 atom stereocenters. The zero-order chi connectivity index (χ0) is 21.0. The van der Waals surface area contributed by atoms with Gasteiger partial charge in [-0.05, 0) is 66.9 Å². The fourth-order valence-electron chi connectivity index (χ4n) is 4.63. The van der Waals surface area contributed by atoms with Crippen LogP contribution in [0.3, 0.4) is 0 Å². The normalized spacial score (nSPS) is 19.2. The predicted octanol–water partition coefficient (Wildman–Crippen LogP) is 5.01. The lowest BCUT2D eigenvalue weighted by atomic mass is 9.97. The first-order chi connectivity index (χ1) is 15.3. The van der Waals surface area contributed by atoms with E-state index in [2.05, 4.69) is 40.6 Å². The van der Waals surface area contributed by atoms with E-state index in [9.17, 15) is 0 Å². The van der Waals surface area contributed by atoms with Gasteiger partial charge in [-0.15, -0.1) is 0 Å². The Kier molecular flexibility index (Phi) is 5.94. The monoisotopic (exact) mass is 417 g/mol. The molecule has 1 radical (unpaired) electrons. The van der Waals surface area contributed by atoms with Gasteiger partial charge in [-0.2, -0.15) is 0 Å². The van der Waals surface area contributed by atoms with Crippen molar-refractivity contribution in [3.8, 4) is 17.2 Å². The zero-order valence-corrected chi connectivity index (χ0v) is 18.0. The molecule has 3 aromatic rings. The van der Waals surface area contributed by atoms with E-state index < -0.39 is 0 Å². The number of nitrogens with zero attached hydrogens (tertiary/aromatic N) is 2. The molecule has 5 rings (SSSR count). The number of rotatable bonds is 5. The number of likely N-dealkylation sites (tertiary alicyclic amines) is 1. The number of methoxy groups -OCH3 is 1. The molecule has 5 heteroatoms. The van der Waals surface area contributed by atoms with Crippen molar-refractivity contribution in [2.75, 3.05) is 26.9 Å². The molecule has 5 nitrogen and oxygen atoms in total. The van der Waals surface area contributed by atoms with Gasteiger partial charge in [0.15, 0.2) is 11.5 Å². The van der Waals surface area contributed by atoms with E-state index in [4.69, 9.17) is 14.2 Å². The third-order valence-corrected chi connectivity index (χ3v) is 6.26. The van der Waals surface area contributed by atoms with E-state index >= 15 is 0 Å². The van der Waals surface area contributed by atoms with Crippen molar-refractivity contribution in [2.24, 2.45) is 0 Å². The van der Waals surface area contributed by atoms with Crippen LogP contribution in [0, 0.1) is 6.42 Å². The fraction of sp³-hybridized carbons (Fsp3) is 0.385. The second-order valence-corrected chi connectivity index (χ2v) is 8.32. The largest absolute Gasteiger partial charge is 0.497 e. The Bertz CT molecular complexity index is 1050. The van der Waals surface area contributed by atoms with Gasteiger partial charge in [-0.1, -0.05) is 18.9 Å². The Morgan fingerprint density at radius 2 is 1.94 bits per heavy atom. The molecule has 2 aliphatic rings. The summed E-state index contributed by atoms with van der Waals surface area (Å²) < 4.78 is 16.9. The average Bonchev–Trinajstić information content (AvgIpc) is 3.04. The molecule has 2 aliphatic heterocycles. The van der Waals surface area contributed by atoms with Gasteiger partial charge in [0.1, 0.15) is 19.0 Å². The number of aromatic nitrogens is 1. The Morgan fingerprint density at radius 3 is 2.84 bits per heavy atom. The lowest BCUT2D eigenvalue weighted by Crippen LogP contribution is -2.35. The van der Waals surface area contributed by atoms with Gasteiger partial charge in [-0.25, -0.2) is 0 Å². The van der Waals surface area contributed by atoms with E-state index in [1.807, 2.05) is 24.4 Å². The Hall–Kier alpha value is -2.79. The van der Waals surface area contributed by atoms with Gasteiger partial charge < -0.3 is 14.2 Å². The quantitative estimate of drug-likeness (QED) is 0.584. The van der Waals surface area contributed by atoms with Gasteiger partial charge in [-0.3, -0.25) is 9.88 Å². The van der Waals surface area contributed by atoms with Gasteiger partial charge in [0.25, 0.3) is 0 Å². The van der Waals surface area contributed by atoms with Gasteiger partial charge in [0, 0.05) is 30.6 Å². The van der Waals surface area contributed by atoms with Crippen molar-refractivity contribution in [3.05, 3.63) is 66.2 Å². The predicted molar refractivity (Wildman–Crippen MR) is 122 cm³/mol. The minimum atomic E-state index is 0.382. The maximum Gasteiger partial charge on any atom is 0.161 e. The summed E-state index contributed by atoms with van der Waals surface area (Å²) in [6.07, 6.45) is 9.27. The molecule has 1 aromatic heterocycles. The lowest BCUT2D eigenvalue weighted by Gasteiger charge is -2.30. The molecule has 31 heavy (non-hydrogen) atoms. The van der Waals surface area contributed by atoms with Crippen LogP contribution in [-0.4, -0.2) is 42.8 Å². The third-order valence-electron chi connectivity index (χ3n) is 6.26. The highest BCUT2D eigenvalue weighted by molar-refractivity contribution is 5.84. The van der Waals surface area contributed by atoms with Crippen LogP contribution in [0.15, 0.2) is 48.7 Å². The van der Waals surface area contributed by atoms with Crippen LogP contribution in [-0.2, 0) is 6.54 Å². The highest BCUT2D eigenvalue weighted by Gasteiger charge is 2.23. The maximum atomic E-state index is 5.80. The molecular weight excluding hydrogens is 388 g/mol. The number of hydrogen-bond donors (Lipinski definition) is 0. The summed E-state index contributed by atoms with van der Waals surface area (Å²) in [6.45, 7) is 3.25. The molecule has 0 spiro atoms. The topological polar surface area (TPSA) is 43.8 Å². The number of hydrogen-bond acceptors (Lipinski definition) is 5. The van der Waals surface area contributed by atoms with E-state index in [0.29, 0.717) is 19.3 Å². The summed E-state index contributed by atoms with van der Waals surface area (Å²) in [5, 5.41) is 1.14. The van der Waals surface area contributed by atoms with Crippen LogP contribution in [0.4, 0.5) is 0 Å². The van der Waals surface area contributed by atoms with Crippen molar-refractivity contribution >= 4 is 10.9 Å². The molecular formula is C26H29N2O3. The molecule has 1 unspecified atom stereocenters. The second-order valence-electron chi connectivity index (χ2n) is 8.32. The van der Waals surface area contributed by atoms with Crippen molar-refractivity contribution in [1.82, 2.24) is 9.88 Å². The first-order valence-corrected chi connectivity index (χ1v) is 11.2. The van der Waals surface area contributed by atoms with Crippen molar-refractivity contribution in [3.63, 3.8) is 0 Å². The van der Waals surface area contributed by atoms with Crippen LogP contribution in [0.5, 0.6) is 17.2 Å². The molecule has 0 N–H and O–H groups in total. The molecule has 161 valence electrons. The molecule has 1 saturated heterocycles. The lowest BCUT2D eigenvalue weighted by molar-refractivity contribution is 0.170. The Balaban J connectivity index is 1.40. The average molecular weight is 418 g/mol. The fourth-order valence-corrected chi connectivity index (χ4v) is 4.63. The van der Waals surface area contributed by atoms with E-state index in [0.717, 1.165) is 41.2 Å². The van der Waals surface area contributed by atoms with Gasteiger partial charge in [0.2, 0.25) is 0 Å². The minimum absolute atomic E-state index is 0.382. The zero-order valence-electron chi connectivity index (χ0n) is 18.0. The summed E-state index contributed by atoms with van der Waals surface area (Å²) in [5.74, 6) is 2.58. The summed E-state index contributed by atoms with van der Waals surface area (Å²) in [4.78, 5) is 7.14. The van der Waals surface area contributed by atoms with Crippen LogP contribution >= 0.6 is 0 Å². The number of benzene rings is 2. The van der Waals surface area contributed by atoms with Gasteiger partial charge >= 0.3 is 0 Å². The highest BCUT2D eigenvalue weighted by Crippen LogP contribution is 2.33. The van der Waals surface area contributed by atoms with E-state index in [-0.39, 0.29) is 0 Å². The molecule has 0 aliphatic carbocycles. The molecule has 2 aromatic carbocycles. The van der Waals surface area contributed by atoms with Crippen LogP contribution in [0.1, 0.15) is 36.8 Å². The third kappa shape index (κ3) is 4.47. The first-order valence-electron chi connectivity index (χ1n) is 11.2. The SMILES string of the molecule is COc1ccc2nccc([CH]C3CCCCCN3Cc3ccc4c(c3)OCCO4)c2c1. The van der Waals surface area contributed by atoms with Crippen molar-refractivity contribution in [2.45, 2.75) is 38.3 Å². The number of pyridine rings is 1. The van der Waals surface area contributed by atoms with Crippen molar-refractivity contribution < 1.29 is 14.2 Å². The van der Waals surface area contributed by atoms with Crippen LogP contribution in [0.2, 0.25) is 0 Å². The minimum Gasteiger partial charge on any atom is -0.497 e. The van der Waals surface area contributed by atoms with E-state index in [1.165, 1.54) is 36.8 Å². The van der Waals surface area contributed by atoms with Crippen LogP contribution < -0.4 is 14.2 Å².